The van der Waals surface area contributed by atoms with Crippen molar-refractivity contribution in [3.8, 4) is 0 Å². The van der Waals surface area contributed by atoms with E-state index in [1.165, 1.54) is 13.1 Å². The van der Waals surface area contributed by atoms with Gasteiger partial charge < -0.3 is 15.5 Å². The van der Waals surface area contributed by atoms with Crippen LogP contribution >= 0.6 is 0 Å². The Morgan fingerprint density at radius 2 is 1.79 bits per heavy atom. The van der Waals surface area contributed by atoms with E-state index in [1.54, 1.807) is 0 Å². The molecule has 2 aliphatic rings. The molecule has 19 heavy (non-hydrogen) atoms. The van der Waals surface area contributed by atoms with Gasteiger partial charge in [-0.25, -0.2) is 4.98 Å². The average Bonchev–Trinajstić information content (AvgIpc) is 2.85. The summed E-state index contributed by atoms with van der Waals surface area (Å²) in [6.07, 6.45) is 0. The van der Waals surface area contributed by atoms with Crippen molar-refractivity contribution in [3.63, 3.8) is 0 Å². The number of likely N-dealkylation sites (tertiary alicyclic amines) is 1. The number of rotatable bonds is 2. The molecule has 0 radical (unpaired) electrons. The molecule has 2 N–H and O–H groups in total. The lowest BCUT2D eigenvalue weighted by Crippen LogP contribution is -2.27. The minimum Gasteiger partial charge on any atom is -0.368 e. The fraction of sp³-hybridized carbons (Fsp3) is 0.714. The predicted octanol–water partition coefficient (Wildman–Crippen LogP) is 1.18. The Kier molecular flexibility index (Phi) is 3.09. The Morgan fingerprint density at radius 3 is 2.37 bits per heavy atom. The Morgan fingerprint density at radius 1 is 1.16 bits per heavy atom. The van der Waals surface area contributed by atoms with E-state index >= 15 is 0 Å². The summed E-state index contributed by atoms with van der Waals surface area (Å²) in [5.41, 5.74) is 6.88. The average molecular weight is 261 g/mol. The van der Waals surface area contributed by atoms with Gasteiger partial charge in [-0.15, -0.1) is 0 Å². The fourth-order valence-corrected chi connectivity index (χ4v) is 3.34. The maximum absolute atomic E-state index is 5.85. The highest BCUT2D eigenvalue weighted by Crippen LogP contribution is 2.33. The van der Waals surface area contributed by atoms with E-state index in [4.69, 9.17) is 5.73 Å². The molecule has 2 fully saturated rings. The van der Waals surface area contributed by atoms with Gasteiger partial charge in [-0.3, -0.25) is 0 Å². The van der Waals surface area contributed by atoms with E-state index in [9.17, 15) is 0 Å². The lowest BCUT2D eigenvalue weighted by Gasteiger charge is -2.21. The SMILES string of the molecule is CC(C)c1cc(N2CC3CN(C)CC3C2)nc(N)n1. The lowest BCUT2D eigenvalue weighted by atomic mass is 10.0. The number of hydrogen-bond acceptors (Lipinski definition) is 5. The van der Waals surface area contributed by atoms with Crippen molar-refractivity contribution in [2.45, 2.75) is 19.8 Å². The summed E-state index contributed by atoms with van der Waals surface area (Å²) in [4.78, 5) is 13.6. The highest BCUT2D eigenvalue weighted by Gasteiger charge is 2.39. The van der Waals surface area contributed by atoms with Crippen molar-refractivity contribution in [2.24, 2.45) is 11.8 Å². The van der Waals surface area contributed by atoms with Crippen LogP contribution in [-0.4, -0.2) is 48.1 Å². The molecule has 3 rings (SSSR count). The molecule has 0 spiro atoms. The summed E-state index contributed by atoms with van der Waals surface area (Å²) < 4.78 is 0. The summed E-state index contributed by atoms with van der Waals surface area (Å²) in [5.74, 6) is 3.35. The molecule has 3 heterocycles. The van der Waals surface area contributed by atoms with Crippen LogP contribution in [0.1, 0.15) is 25.5 Å². The van der Waals surface area contributed by atoms with Gasteiger partial charge in [-0.1, -0.05) is 13.8 Å². The number of hydrogen-bond donors (Lipinski definition) is 1. The van der Waals surface area contributed by atoms with Crippen LogP contribution in [0.2, 0.25) is 0 Å². The molecule has 2 unspecified atom stereocenters. The molecule has 1 aromatic heterocycles. The molecule has 0 bridgehead atoms. The third kappa shape index (κ3) is 2.39. The van der Waals surface area contributed by atoms with Gasteiger partial charge in [0.1, 0.15) is 5.82 Å². The summed E-state index contributed by atoms with van der Waals surface area (Å²) >= 11 is 0. The number of nitrogens with two attached hydrogens (primary N) is 1. The fourth-order valence-electron chi connectivity index (χ4n) is 3.34. The van der Waals surface area contributed by atoms with Gasteiger partial charge in [0.25, 0.3) is 0 Å². The summed E-state index contributed by atoms with van der Waals surface area (Å²) in [6.45, 7) is 8.89. The van der Waals surface area contributed by atoms with Crippen LogP contribution in [0.3, 0.4) is 0 Å². The molecular weight excluding hydrogens is 238 g/mol. The van der Waals surface area contributed by atoms with Crippen LogP contribution in [0, 0.1) is 11.8 Å². The van der Waals surface area contributed by atoms with Crippen LogP contribution in [0.4, 0.5) is 11.8 Å². The maximum Gasteiger partial charge on any atom is 0.222 e. The quantitative estimate of drug-likeness (QED) is 0.866. The number of anilines is 2. The highest BCUT2D eigenvalue weighted by atomic mass is 15.3. The number of fused-ring (bicyclic) bond motifs is 1. The second kappa shape index (κ2) is 4.63. The molecule has 0 saturated carbocycles. The van der Waals surface area contributed by atoms with E-state index in [2.05, 4.69) is 46.7 Å². The van der Waals surface area contributed by atoms with Gasteiger partial charge in [0, 0.05) is 32.2 Å². The van der Waals surface area contributed by atoms with Gasteiger partial charge in [0.15, 0.2) is 0 Å². The van der Waals surface area contributed by atoms with Crippen LogP contribution in [-0.2, 0) is 0 Å². The Bertz CT molecular complexity index is 459. The van der Waals surface area contributed by atoms with E-state index in [1.807, 2.05) is 0 Å². The molecular formula is C14H23N5. The van der Waals surface area contributed by atoms with E-state index in [-0.39, 0.29) is 0 Å². The van der Waals surface area contributed by atoms with Gasteiger partial charge in [0.05, 0.1) is 5.69 Å². The largest absolute Gasteiger partial charge is 0.368 e. The summed E-state index contributed by atoms with van der Waals surface area (Å²) in [6, 6.07) is 2.10. The molecule has 5 nitrogen and oxygen atoms in total. The first-order valence-electron chi connectivity index (χ1n) is 7.11. The molecule has 5 heteroatoms. The number of nitrogen functional groups attached to an aromatic ring is 1. The van der Waals surface area contributed by atoms with Crippen molar-refractivity contribution in [2.75, 3.05) is 43.9 Å². The van der Waals surface area contributed by atoms with Gasteiger partial charge in [0.2, 0.25) is 5.95 Å². The Balaban J connectivity index is 1.80. The molecule has 2 aliphatic heterocycles. The first kappa shape index (κ1) is 12.7. The molecule has 0 aliphatic carbocycles. The molecule has 1 aromatic rings. The van der Waals surface area contributed by atoms with Crippen molar-refractivity contribution in [1.82, 2.24) is 14.9 Å². The van der Waals surface area contributed by atoms with E-state index in [0.29, 0.717) is 11.9 Å². The molecule has 0 aromatic carbocycles. The number of aromatic nitrogens is 2. The zero-order valence-corrected chi connectivity index (χ0v) is 12.0. The van der Waals surface area contributed by atoms with E-state index < -0.39 is 0 Å². The third-order valence-electron chi connectivity index (χ3n) is 4.33. The zero-order valence-electron chi connectivity index (χ0n) is 12.0. The van der Waals surface area contributed by atoms with Gasteiger partial charge >= 0.3 is 0 Å². The van der Waals surface area contributed by atoms with Crippen molar-refractivity contribution < 1.29 is 0 Å². The van der Waals surface area contributed by atoms with Crippen LogP contribution in [0.15, 0.2) is 6.07 Å². The molecule has 0 amide bonds. The Labute approximate surface area is 114 Å². The lowest BCUT2D eigenvalue weighted by molar-refractivity contribution is 0.387. The minimum absolute atomic E-state index is 0.386. The smallest absolute Gasteiger partial charge is 0.222 e. The molecule has 2 saturated heterocycles. The topological polar surface area (TPSA) is 58.3 Å². The maximum atomic E-state index is 5.85. The monoisotopic (exact) mass is 261 g/mol. The van der Waals surface area contributed by atoms with Crippen molar-refractivity contribution >= 4 is 11.8 Å². The second-order valence-corrected chi connectivity index (χ2v) is 6.31. The summed E-state index contributed by atoms with van der Waals surface area (Å²) in [5, 5.41) is 0. The molecule has 2 atom stereocenters. The molecule has 104 valence electrons. The zero-order chi connectivity index (χ0) is 13.6. The first-order chi connectivity index (χ1) is 9.02. The second-order valence-electron chi connectivity index (χ2n) is 6.31. The van der Waals surface area contributed by atoms with Gasteiger partial charge in [-0.2, -0.15) is 4.98 Å². The third-order valence-corrected chi connectivity index (χ3v) is 4.33. The standard InChI is InChI=1S/C14H23N5/c1-9(2)12-4-13(17-14(15)16-12)19-7-10-5-18(3)6-11(10)8-19/h4,9-11H,5-8H2,1-3H3,(H2,15,16,17). The predicted molar refractivity (Wildman–Crippen MR) is 77.2 cm³/mol. The Hall–Kier alpha value is -1.36. The van der Waals surface area contributed by atoms with Crippen LogP contribution in [0.5, 0.6) is 0 Å². The summed E-state index contributed by atoms with van der Waals surface area (Å²) in [7, 11) is 2.21. The first-order valence-corrected chi connectivity index (χ1v) is 7.11. The highest BCUT2D eigenvalue weighted by molar-refractivity contribution is 5.45. The normalized spacial score (nSPS) is 27.3. The van der Waals surface area contributed by atoms with Crippen LogP contribution < -0.4 is 10.6 Å². The van der Waals surface area contributed by atoms with Gasteiger partial charge in [-0.05, 0) is 24.8 Å². The van der Waals surface area contributed by atoms with E-state index in [0.717, 1.165) is 36.4 Å². The number of nitrogens with zero attached hydrogens (tertiary/aromatic N) is 4. The van der Waals surface area contributed by atoms with Crippen molar-refractivity contribution in [1.29, 1.82) is 0 Å². The minimum atomic E-state index is 0.386. The van der Waals surface area contributed by atoms with Crippen molar-refractivity contribution in [3.05, 3.63) is 11.8 Å². The van der Waals surface area contributed by atoms with Crippen LogP contribution in [0.25, 0.3) is 0 Å².